The Labute approximate surface area is 118 Å². The van der Waals surface area contributed by atoms with Gasteiger partial charge in [-0.2, -0.15) is 11.8 Å². The molecule has 2 fully saturated rings. The van der Waals surface area contributed by atoms with Crippen molar-refractivity contribution in [1.82, 2.24) is 15.2 Å². The van der Waals surface area contributed by atoms with Gasteiger partial charge in [0.25, 0.3) is 0 Å². The summed E-state index contributed by atoms with van der Waals surface area (Å²) in [7, 11) is 1.89. The van der Waals surface area contributed by atoms with Gasteiger partial charge in [0.1, 0.15) is 0 Å². The summed E-state index contributed by atoms with van der Waals surface area (Å²) >= 11 is 1.99. The molecule has 2 aliphatic heterocycles. The van der Waals surface area contributed by atoms with Crippen LogP contribution in [-0.2, 0) is 4.79 Å². The van der Waals surface area contributed by atoms with Crippen molar-refractivity contribution in [3.63, 3.8) is 0 Å². The lowest BCUT2D eigenvalue weighted by Crippen LogP contribution is -2.41. The third kappa shape index (κ3) is 2.62. The number of likely N-dealkylation sites (tertiary alicyclic amines) is 1. The molecule has 3 rings (SSSR count). The number of amides is 1. The molecule has 1 aromatic heterocycles. The molecule has 0 radical (unpaired) electrons. The number of thioether (sulfide) groups is 1. The van der Waals surface area contributed by atoms with E-state index in [2.05, 4.69) is 16.4 Å². The van der Waals surface area contributed by atoms with E-state index < -0.39 is 0 Å². The summed E-state index contributed by atoms with van der Waals surface area (Å²) in [4.78, 5) is 18.0. The molecular weight excluding hydrogens is 258 g/mol. The molecule has 0 aliphatic carbocycles. The van der Waals surface area contributed by atoms with Gasteiger partial charge >= 0.3 is 0 Å². The van der Waals surface area contributed by atoms with Crippen molar-refractivity contribution in [2.75, 3.05) is 18.6 Å². The Kier molecular flexibility index (Phi) is 3.75. The number of aromatic nitrogens is 1. The Morgan fingerprint density at radius 2 is 2.42 bits per heavy atom. The summed E-state index contributed by atoms with van der Waals surface area (Å²) in [5.41, 5.74) is 1.12. The van der Waals surface area contributed by atoms with Crippen LogP contribution in [0.5, 0.6) is 0 Å². The number of hydrogen-bond donors (Lipinski definition) is 1. The summed E-state index contributed by atoms with van der Waals surface area (Å²) < 4.78 is 0. The second kappa shape index (κ2) is 5.51. The van der Waals surface area contributed by atoms with Crippen molar-refractivity contribution in [1.29, 1.82) is 0 Å². The Hall–Kier alpha value is -1.07. The number of hydrogen-bond acceptors (Lipinski definition) is 4. The number of nitrogens with one attached hydrogen (secondary N) is 1. The minimum absolute atomic E-state index is 0.117. The molecule has 19 heavy (non-hydrogen) atoms. The van der Waals surface area contributed by atoms with E-state index in [4.69, 9.17) is 0 Å². The van der Waals surface area contributed by atoms with Crippen LogP contribution in [0.3, 0.4) is 0 Å². The van der Waals surface area contributed by atoms with E-state index >= 15 is 0 Å². The van der Waals surface area contributed by atoms with Crippen LogP contribution in [0.2, 0.25) is 0 Å². The fraction of sp³-hybridized carbons (Fsp3) is 0.571. The lowest BCUT2D eigenvalue weighted by atomic mass is 10.0. The molecule has 3 atom stereocenters. The highest BCUT2D eigenvalue weighted by Gasteiger charge is 2.39. The van der Waals surface area contributed by atoms with Crippen molar-refractivity contribution in [3.05, 3.63) is 30.1 Å². The Balaban J connectivity index is 1.79. The highest BCUT2D eigenvalue weighted by molar-refractivity contribution is 7.99. The lowest BCUT2D eigenvalue weighted by Gasteiger charge is -2.27. The zero-order valence-electron chi connectivity index (χ0n) is 11.1. The zero-order chi connectivity index (χ0) is 13.2. The number of carbonyl (C=O) groups excluding carboxylic acids is 1. The molecule has 2 saturated heterocycles. The number of pyridine rings is 1. The third-order valence-electron chi connectivity index (χ3n) is 3.99. The maximum Gasteiger partial charge on any atom is 0.224 e. The molecule has 0 spiro atoms. The van der Waals surface area contributed by atoms with Crippen LogP contribution < -0.4 is 5.32 Å². The topological polar surface area (TPSA) is 45.2 Å². The van der Waals surface area contributed by atoms with Gasteiger partial charge in [-0.3, -0.25) is 9.78 Å². The molecule has 1 N–H and O–H groups in total. The van der Waals surface area contributed by atoms with Crippen LogP contribution in [-0.4, -0.2) is 46.4 Å². The molecule has 0 bridgehead atoms. The van der Waals surface area contributed by atoms with Crippen molar-refractivity contribution in [2.45, 2.75) is 31.0 Å². The van der Waals surface area contributed by atoms with Crippen LogP contribution >= 0.6 is 11.8 Å². The highest BCUT2D eigenvalue weighted by Crippen LogP contribution is 2.32. The standard InChI is InChI=1S/C14H19N3OS/c1-17-13(18)7-12(16-11-4-6-19-9-11)14(17)10-3-2-5-15-8-10/h2-3,5,8,11-12,14,16H,4,6-7,9H2,1H3/t11-,12+,14-/m0/s1. The second-order valence-electron chi connectivity index (χ2n) is 5.27. The van der Waals surface area contributed by atoms with Crippen LogP contribution in [0, 0.1) is 0 Å². The predicted octanol–water partition coefficient (Wildman–Crippen LogP) is 1.45. The highest BCUT2D eigenvalue weighted by atomic mass is 32.2. The van der Waals surface area contributed by atoms with Crippen molar-refractivity contribution in [3.8, 4) is 0 Å². The minimum Gasteiger partial charge on any atom is -0.337 e. The van der Waals surface area contributed by atoms with E-state index in [1.165, 1.54) is 12.2 Å². The van der Waals surface area contributed by atoms with Gasteiger partial charge < -0.3 is 10.2 Å². The second-order valence-corrected chi connectivity index (χ2v) is 6.42. The molecule has 0 aromatic carbocycles. The van der Waals surface area contributed by atoms with E-state index in [1.54, 1.807) is 6.20 Å². The van der Waals surface area contributed by atoms with Crippen LogP contribution in [0.4, 0.5) is 0 Å². The normalized spacial score (nSPS) is 31.1. The summed E-state index contributed by atoms with van der Waals surface area (Å²) in [6.45, 7) is 0. The Bertz CT molecular complexity index is 447. The summed E-state index contributed by atoms with van der Waals surface area (Å²) in [6.07, 6.45) is 5.45. The third-order valence-corrected chi connectivity index (χ3v) is 5.15. The fourth-order valence-electron chi connectivity index (χ4n) is 2.99. The predicted molar refractivity (Wildman–Crippen MR) is 77.0 cm³/mol. The molecule has 0 unspecified atom stereocenters. The average Bonchev–Trinajstić information content (AvgIpc) is 3.01. The average molecular weight is 277 g/mol. The summed E-state index contributed by atoms with van der Waals surface area (Å²) in [6, 6.07) is 4.88. The van der Waals surface area contributed by atoms with Crippen molar-refractivity contribution in [2.24, 2.45) is 0 Å². The maximum atomic E-state index is 12.0. The summed E-state index contributed by atoms with van der Waals surface area (Å²) in [5, 5.41) is 3.68. The molecule has 1 aromatic rings. The van der Waals surface area contributed by atoms with Crippen LogP contribution in [0.25, 0.3) is 0 Å². The van der Waals surface area contributed by atoms with Crippen molar-refractivity contribution >= 4 is 17.7 Å². The number of rotatable bonds is 3. The molecule has 3 heterocycles. The van der Waals surface area contributed by atoms with E-state index in [0.717, 1.165) is 11.3 Å². The van der Waals surface area contributed by atoms with Gasteiger partial charge in [-0.05, 0) is 23.8 Å². The van der Waals surface area contributed by atoms with E-state index in [1.807, 2.05) is 36.0 Å². The number of likely N-dealkylation sites (N-methyl/N-ethyl adjacent to an activating group) is 1. The van der Waals surface area contributed by atoms with Crippen molar-refractivity contribution < 1.29 is 4.79 Å². The molecular formula is C14H19N3OS. The van der Waals surface area contributed by atoms with Gasteiger partial charge in [0, 0.05) is 43.7 Å². The SMILES string of the molecule is CN1C(=O)C[C@@H](N[C@H]2CCSC2)[C@@H]1c1cccnc1. The summed E-state index contributed by atoms with van der Waals surface area (Å²) in [5.74, 6) is 2.61. The first-order chi connectivity index (χ1) is 9.25. The minimum atomic E-state index is 0.117. The van der Waals surface area contributed by atoms with Gasteiger partial charge in [0.15, 0.2) is 0 Å². The molecule has 1 amide bonds. The van der Waals surface area contributed by atoms with E-state index in [-0.39, 0.29) is 18.0 Å². The monoisotopic (exact) mass is 277 g/mol. The zero-order valence-corrected chi connectivity index (χ0v) is 11.9. The fourth-order valence-corrected chi connectivity index (χ4v) is 4.16. The van der Waals surface area contributed by atoms with Gasteiger partial charge in [-0.1, -0.05) is 6.07 Å². The van der Waals surface area contributed by atoms with Gasteiger partial charge in [0.2, 0.25) is 5.91 Å². The first-order valence-electron chi connectivity index (χ1n) is 6.75. The lowest BCUT2D eigenvalue weighted by molar-refractivity contribution is -0.127. The van der Waals surface area contributed by atoms with E-state index in [0.29, 0.717) is 12.5 Å². The first kappa shape index (κ1) is 12.9. The maximum absolute atomic E-state index is 12.0. The van der Waals surface area contributed by atoms with E-state index in [9.17, 15) is 4.79 Å². The van der Waals surface area contributed by atoms with Crippen LogP contribution in [0.1, 0.15) is 24.4 Å². The van der Waals surface area contributed by atoms with Gasteiger partial charge in [-0.25, -0.2) is 0 Å². The van der Waals surface area contributed by atoms with Crippen LogP contribution in [0.15, 0.2) is 24.5 Å². The number of nitrogens with zero attached hydrogens (tertiary/aromatic N) is 2. The Morgan fingerprint density at radius 1 is 1.53 bits per heavy atom. The molecule has 102 valence electrons. The molecule has 0 saturated carbocycles. The smallest absolute Gasteiger partial charge is 0.224 e. The Morgan fingerprint density at radius 3 is 3.11 bits per heavy atom. The molecule has 5 heteroatoms. The molecule has 2 aliphatic rings. The van der Waals surface area contributed by atoms with Gasteiger partial charge in [0.05, 0.1) is 6.04 Å². The molecule has 4 nitrogen and oxygen atoms in total. The first-order valence-corrected chi connectivity index (χ1v) is 7.90. The number of carbonyl (C=O) groups is 1. The van der Waals surface area contributed by atoms with Gasteiger partial charge in [-0.15, -0.1) is 0 Å². The quantitative estimate of drug-likeness (QED) is 0.908. The largest absolute Gasteiger partial charge is 0.337 e.